The molecule has 106 valence electrons. The first kappa shape index (κ1) is 15.3. The summed E-state index contributed by atoms with van der Waals surface area (Å²) in [5.41, 5.74) is 0. The van der Waals surface area contributed by atoms with Crippen molar-refractivity contribution in [2.24, 2.45) is 5.92 Å². The standard InChI is InChI=1S/C12H21F3N2O/c1-8(11(18)17(2)3)16-10-6-4-5-9(7-10)12(13,14)15/h8-10,16H,4-7H2,1-3H3. The number of nitrogens with one attached hydrogen (secondary N) is 1. The molecule has 0 spiro atoms. The van der Waals surface area contributed by atoms with E-state index in [9.17, 15) is 18.0 Å². The Morgan fingerprint density at radius 3 is 2.44 bits per heavy atom. The maximum absolute atomic E-state index is 12.6. The molecule has 0 aromatic carbocycles. The molecule has 3 nitrogen and oxygen atoms in total. The highest BCUT2D eigenvalue weighted by Gasteiger charge is 2.42. The molecule has 1 N–H and O–H groups in total. The van der Waals surface area contributed by atoms with Crippen molar-refractivity contribution >= 4 is 5.91 Å². The van der Waals surface area contributed by atoms with Gasteiger partial charge in [-0.2, -0.15) is 13.2 Å². The zero-order chi connectivity index (χ0) is 13.9. The highest BCUT2D eigenvalue weighted by Crippen LogP contribution is 2.37. The van der Waals surface area contributed by atoms with Gasteiger partial charge in [-0.1, -0.05) is 6.42 Å². The van der Waals surface area contributed by atoms with E-state index < -0.39 is 18.1 Å². The summed E-state index contributed by atoms with van der Waals surface area (Å²) in [6.07, 6.45) is -2.57. The maximum atomic E-state index is 12.6. The van der Waals surface area contributed by atoms with E-state index in [4.69, 9.17) is 0 Å². The molecule has 1 amide bonds. The molecule has 3 unspecified atom stereocenters. The quantitative estimate of drug-likeness (QED) is 0.849. The minimum atomic E-state index is -4.12. The van der Waals surface area contributed by atoms with Gasteiger partial charge in [0.05, 0.1) is 12.0 Å². The van der Waals surface area contributed by atoms with Gasteiger partial charge >= 0.3 is 6.18 Å². The molecule has 6 heteroatoms. The second kappa shape index (κ2) is 5.91. The van der Waals surface area contributed by atoms with Crippen LogP contribution in [-0.4, -0.2) is 43.2 Å². The smallest absolute Gasteiger partial charge is 0.347 e. The largest absolute Gasteiger partial charge is 0.391 e. The SMILES string of the molecule is CC(NC1CCCC(C(F)(F)F)C1)C(=O)N(C)C. The van der Waals surface area contributed by atoms with Crippen LogP contribution in [0.2, 0.25) is 0 Å². The Kier molecular flexibility index (Phi) is 5.01. The highest BCUT2D eigenvalue weighted by atomic mass is 19.4. The molecule has 3 atom stereocenters. The Balaban J connectivity index is 2.50. The average Bonchev–Trinajstić information content (AvgIpc) is 2.27. The summed E-state index contributed by atoms with van der Waals surface area (Å²) in [5, 5.41) is 3.01. The molecule has 1 saturated carbocycles. The number of nitrogens with zero attached hydrogens (tertiary/aromatic N) is 1. The van der Waals surface area contributed by atoms with E-state index in [0.29, 0.717) is 12.8 Å². The molecule has 0 aromatic rings. The maximum Gasteiger partial charge on any atom is 0.391 e. The molecule has 18 heavy (non-hydrogen) atoms. The third kappa shape index (κ3) is 4.15. The van der Waals surface area contributed by atoms with Gasteiger partial charge in [0.2, 0.25) is 5.91 Å². The van der Waals surface area contributed by atoms with E-state index in [0.717, 1.165) is 0 Å². The molecule has 0 saturated heterocycles. The molecule has 0 bridgehead atoms. The lowest BCUT2D eigenvalue weighted by molar-refractivity contribution is -0.183. The number of likely N-dealkylation sites (N-methyl/N-ethyl adjacent to an activating group) is 1. The summed E-state index contributed by atoms with van der Waals surface area (Å²) < 4.78 is 37.9. The fraction of sp³-hybridized carbons (Fsp3) is 0.917. The summed E-state index contributed by atoms with van der Waals surface area (Å²) in [7, 11) is 3.28. The number of amides is 1. The molecular formula is C12H21F3N2O. The molecule has 1 fully saturated rings. The van der Waals surface area contributed by atoms with Crippen LogP contribution in [0.1, 0.15) is 32.6 Å². The average molecular weight is 266 g/mol. The lowest BCUT2D eigenvalue weighted by atomic mass is 9.85. The second-order valence-corrected chi connectivity index (χ2v) is 5.22. The molecule has 1 aliphatic carbocycles. The summed E-state index contributed by atoms with van der Waals surface area (Å²) in [6.45, 7) is 1.69. The Labute approximate surface area is 106 Å². The van der Waals surface area contributed by atoms with E-state index in [1.165, 1.54) is 4.90 Å². The first-order valence-corrected chi connectivity index (χ1v) is 6.25. The first-order chi connectivity index (χ1) is 8.21. The van der Waals surface area contributed by atoms with Gasteiger partial charge in [-0.25, -0.2) is 0 Å². The van der Waals surface area contributed by atoms with Gasteiger partial charge in [0.15, 0.2) is 0 Å². The lowest BCUT2D eigenvalue weighted by Crippen LogP contribution is -2.48. The highest BCUT2D eigenvalue weighted by molar-refractivity contribution is 5.80. The fourth-order valence-electron chi connectivity index (χ4n) is 2.45. The predicted octanol–water partition coefficient (Wildman–Crippen LogP) is 2.17. The van der Waals surface area contributed by atoms with Crippen molar-refractivity contribution < 1.29 is 18.0 Å². The van der Waals surface area contributed by atoms with Gasteiger partial charge < -0.3 is 10.2 Å². The molecule has 0 aliphatic heterocycles. The summed E-state index contributed by atoms with van der Waals surface area (Å²) in [6, 6.07) is -0.652. The van der Waals surface area contributed by atoms with Crippen LogP contribution in [0.4, 0.5) is 13.2 Å². The zero-order valence-electron chi connectivity index (χ0n) is 11.0. The monoisotopic (exact) mass is 266 g/mol. The van der Waals surface area contributed by atoms with Crippen molar-refractivity contribution in [2.75, 3.05) is 14.1 Å². The molecule has 1 rings (SSSR count). The zero-order valence-corrected chi connectivity index (χ0v) is 11.0. The summed E-state index contributed by atoms with van der Waals surface area (Å²) in [5.74, 6) is -1.34. The first-order valence-electron chi connectivity index (χ1n) is 6.25. The van der Waals surface area contributed by atoms with Crippen molar-refractivity contribution in [3.8, 4) is 0 Å². The van der Waals surface area contributed by atoms with Gasteiger partial charge in [-0.3, -0.25) is 4.79 Å². The Morgan fingerprint density at radius 2 is 1.94 bits per heavy atom. The van der Waals surface area contributed by atoms with Gasteiger partial charge in [0, 0.05) is 20.1 Å². The molecule has 1 aliphatic rings. The van der Waals surface area contributed by atoms with Crippen molar-refractivity contribution in [1.82, 2.24) is 10.2 Å². The van der Waals surface area contributed by atoms with E-state index >= 15 is 0 Å². The van der Waals surface area contributed by atoms with Crippen molar-refractivity contribution in [3.05, 3.63) is 0 Å². The van der Waals surface area contributed by atoms with Crippen LogP contribution < -0.4 is 5.32 Å². The Bertz CT molecular complexity index is 292. The minimum Gasteiger partial charge on any atom is -0.347 e. The number of hydrogen-bond donors (Lipinski definition) is 1. The summed E-state index contributed by atoms with van der Waals surface area (Å²) >= 11 is 0. The van der Waals surface area contributed by atoms with E-state index in [1.54, 1.807) is 21.0 Å². The van der Waals surface area contributed by atoms with Crippen LogP contribution in [-0.2, 0) is 4.79 Å². The van der Waals surface area contributed by atoms with Crippen LogP contribution in [0, 0.1) is 5.92 Å². The van der Waals surface area contributed by atoms with Crippen LogP contribution in [0.5, 0.6) is 0 Å². The minimum absolute atomic E-state index is 0.0779. The number of carbonyl (C=O) groups excluding carboxylic acids is 1. The van der Waals surface area contributed by atoms with Crippen molar-refractivity contribution in [3.63, 3.8) is 0 Å². The van der Waals surface area contributed by atoms with Gasteiger partial charge in [0.1, 0.15) is 0 Å². The van der Waals surface area contributed by atoms with E-state index in [-0.39, 0.29) is 24.8 Å². The van der Waals surface area contributed by atoms with Gasteiger partial charge in [-0.05, 0) is 26.2 Å². The topological polar surface area (TPSA) is 32.3 Å². The molecule has 0 aromatic heterocycles. The number of carbonyl (C=O) groups is 1. The second-order valence-electron chi connectivity index (χ2n) is 5.22. The molecule has 0 heterocycles. The predicted molar refractivity (Wildman–Crippen MR) is 63.1 cm³/mol. The Hall–Kier alpha value is -0.780. The number of alkyl halides is 3. The van der Waals surface area contributed by atoms with Crippen LogP contribution >= 0.6 is 0 Å². The fourth-order valence-corrected chi connectivity index (χ4v) is 2.45. The lowest BCUT2D eigenvalue weighted by Gasteiger charge is -2.33. The van der Waals surface area contributed by atoms with Crippen molar-refractivity contribution in [2.45, 2.75) is 50.9 Å². The number of rotatable bonds is 3. The summed E-state index contributed by atoms with van der Waals surface area (Å²) in [4.78, 5) is 13.1. The number of hydrogen-bond acceptors (Lipinski definition) is 2. The third-order valence-corrected chi connectivity index (χ3v) is 3.43. The van der Waals surface area contributed by atoms with Crippen LogP contribution in [0.25, 0.3) is 0 Å². The van der Waals surface area contributed by atoms with E-state index in [2.05, 4.69) is 5.32 Å². The van der Waals surface area contributed by atoms with Crippen LogP contribution in [0.3, 0.4) is 0 Å². The van der Waals surface area contributed by atoms with E-state index in [1.807, 2.05) is 0 Å². The Morgan fingerprint density at radius 1 is 1.33 bits per heavy atom. The molecular weight excluding hydrogens is 245 g/mol. The van der Waals surface area contributed by atoms with Crippen molar-refractivity contribution in [1.29, 1.82) is 0 Å². The molecule has 0 radical (unpaired) electrons. The number of halogens is 3. The third-order valence-electron chi connectivity index (χ3n) is 3.43. The van der Waals surface area contributed by atoms with Gasteiger partial charge in [-0.15, -0.1) is 0 Å². The normalized spacial score (nSPS) is 26.8. The van der Waals surface area contributed by atoms with Crippen LogP contribution in [0.15, 0.2) is 0 Å². The van der Waals surface area contributed by atoms with Gasteiger partial charge in [0.25, 0.3) is 0 Å².